The predicted octanol–water partition coefficient (Wildman–Crippen LogP) is 3.02. The molecule has 0 saturated carbocycles. The molecule has 0 aliphatic rings. The standard InChI is InChI=1S/C11H8F3N2.C11H11N2.C6H4N5.Ir/c1-15-5-6-16(8-15)10-4-2-3-9(7-10)11(12,13)14;1-10-4-3-5-11(8-10)13-7-6-12(2)9-13;1-2-4-7-5(3-1)6-8-10-11-9-6;/h2-3,5-7H,1H3;3-4,6-8H,1-2H3;1-4H;/q3*-1;. The SMILES string of the molecule is C[n+]1[c-]n(-c2[c-]ccc(C(F)(F)F)c2)cc1.Cc1cc[c-]c(-n2[c-][n+](C)cc2)c1.[Ir].c1ccc(-c2nnn[n-]2)nc1. The molecule has 0 unspecified atom stereocenters. The number of tetrazole rings is 1. The molecule has 4 heterocycles. The molecule has 0 bridgehead atoms. The van der Waals surface area contributed by atoms with Gasteiger partial charge in [0.05, 0.1) is 25.6 Å². The Morgan fingerprint density at radius 2 is 1.51 bits per heavy atom. The van der Waals surface area contributed by atoms with E-state index >= 15 is 0 Å². The van der Waals surface area contributed by atoms with Gasteiger partial charge in [0.2, 0.25) is 12.7 Å². The number of nitrogens with zero attached hydrogens (tertiary/aromatic N) is 9. The fourth-order valence-corrected chi connectivity index (χ4v) is 3.29. The summed E-state index contributed by atoms with van der Waals surface area (Å²) in [6, 6.07) is 20.7. The third kappa shape index (κ3) is 9.02. The second kappa shape index (κ2) is 14.2. The van der Waals surface area contributed by atoms with Gasteiger partial charge in [-0.25, -0.2) is 0 Å². The molecule has 41 heavy (non-hydrogen) atoms. The first kappa shape index (κ1) is 31.1. The van der Waals surface area contributed by atoms with Crippen LogP contribution in [0.3, 0.4) is 0 Å². The average molecular weight is 735 g/mol. The largest absolute Gasteiger partial charge is 0.394 e. The number of imidazole rings is 2. The molecular weight excluding hydrogens is 712 g/mol. The van der Waals surface area contributed by atoms with E-state index in [-0.39, 0.29) is 20.1 Å². The van der Waals surface area contributed by atoms with Crippen LogP contribution >= 0.6 is 0 Å². The number of benzene rings is 2. The molecule has 0 fully saturated rings. The van der Waals surface area contributed by atoms with Gasteiger partial charge < -0.3 is 23.4 Å². The zero-order valence-corrected chi connectivity index (χ0v) is 24.5. The summed E-state index contributed by atoms with van der Waals surface area (Å²) in [5.41, 5.74) is 2.58. The first-order valence-corrected chi connectivity index (χ1v) is 11.8. The van der Waals surface area contributed by atoms with E-state index < -0.39 is 11.7 Å². The van der Waals surface area contributed by atoms with Crippen LogP contribution in [0.4, 0.5) is 13.2 Å². The number of halogens is 3. The number of pyridine rings is 1. The third-order valence-electron chi connectivity index (χ3n) is 5.20. The average Bonchev–Trinajstić information content (AvgIpc) is 3.72. The van der Waals surface area contributed by atoms with E-state index in [2.05, 4.69) is 63.4 Å². The molecule has 0 N–H and O–H groups in total. The van der Waals surface area contributed by atoms with Gasteiger partial charge in [0, 0.05) is 51.1 Å². The zero-order valence-electron chi connectivity index (χ0n) is 22.1. The molecule has 6 rings (SSSR count). The summed E-state index contributed by atoms with van der Waals surface area (Å²) >= 11 is 0. The monoisotopic (exact) mass is 735 g/mol. The van der Waals surface area contributed by atoms with Gasteiger partial charge in [0.15, 0.2) is 0 Å². The number of aryl methyl sites for hydroxylation is 3. The topological polar surface area (TPSA) is 83.3 Å². The summed E-state index contributed by atoms with van der Waals surface area (Å²) in [6.07, 6.45) is 10.5. The number of hydrogen-bond acceptors (Lipinski definition) is 4. The van der Waals surface area contributed by atoms with Crippen molar-refractivity contribution in [2.24, 2.45) is 14.1 Å². The van der Waals surface area contributed by atoms with Crippen molar-refractivity contribution in [1.82, 2.24) is 34.7 Å². The summed E-state index contributed by atoms with van der Waals surface area (Å²) in [5, 5.41) is 14.0. The van der Waals surface area contributed by atoms with Gasteiger partial charge in [-0.05, 0) is 12.1 Å². The van der Waals surface area contributed by atoms with Gasteiger partial charge in [0.25, 0.3) is 0 Å². The molecule has 6 aromatic rings. The Balaban J connectivity index is 0.000000170. The molecule has 13 heteroatoms. The van der Waals surface area contributed by atoms with Crippen LogP contribution in [0, 0.1) is 31.7 Å². The van der Waals surface area contributed by atoms with Gasteiger partial charge in [0.1, 0.15) is 0 Å². The molecule has 0 aliphatic heterocycles. The van der Waals surface area contributed by atoms with Crippen molar-refractivity contribution in [3.8, 4) is 22.9 Å². The summed E-state index contributed by atoms with van der Waals surface area (Å²) in [6.45, 7) is 2.07. The van der Waals surface area contributed by atoms with E-state index in [0.717, 1.165) is 17.8 Å². The first-order chi connectivity index (χ1) is 19.2. The Morgan fingerprint density at radius 3 is 2.00 bits per heavy atom. The maximum atomic E-state index is 12.5. The van der Waals surface area contributed by atoms with Crippen LogP contribution < -0.4 is 14.2 Å². The smallest absolute Gasteiger partial charge is 0.348 e. The number of hydrogen-bond donors (Lipinski definition) is 0. The van der Waals surface area contributed by atoms with Crippen LogP contribution in [0.25, 0.3) is 22.9 Å². The number of rotatable bonds is 3. The summed E-state index contributed by atoms with van der Waals surface area (Å²) < 4.78 is 44.2. The van der Waals surface area contributed by atoms with E-state index in [1.807, 2.05) is 52.8 Å². The van der Waals surface area contributed by atoms with Crippen molar-refractivity contribution in [2.75, 3.05) is 0 Å². The van der Waals surface area contributed by atoms with Crippen molar-refractivity contribution < 1.29 is 42.4 Å². The Hall–Kier alpha value is -4.48. The van der Waals surface area contributed by atoms with Crippen LogP contribution in [0.5, 0.6) is 0 Å². The number of aromatic nitrogens is 9. The minimum Gasteiger partial charge on any atom is -0.348 e. The Morgan fingerprint density at radius 1 is 0.878 bits per heavy atom. The third-order valence-corrected chi connectivity index (χ3v) is 5.20. The minimum atomic E-state index is -4.33. The molecular formula is C28H23F3IrN9-3. The van der Waals surface area contributed by atoms with Gasteiger partial charge in [-0.3, -0.25) is 15.3 Å². The molecule has 213 valence electrons. The maximum absolute atomic E-state index is 12.5. The number of alkyl halides is 3. The van der Waals surface area contributed by atoms with E-state index in [1.165, 1.54) is 16.2 Å². The van der Waals surface area contributed by atoms with Gasteiger partial charge >= 0.3 is 6.18 Å². The van der Waals surface area contributed by atoms with E-state index in [4.69, 9.17) is 0 Å². The van der Waals surface area contributed by atoms with Crippen LogP contribution in [-0.2, 0) is 40.4 Å². The fraction of sp³-hybridized carbons (Fsp3) is 0.143. The molecule has 0 amide bonds. The van der Waals surface area contributed by atoms with E-state index in [1.54, 1.807) is 36.3 Å². The second-order valence-corrected chi connectivity index (χ2v) is 8.39. The van der Waals surface area contributed by atoms with Crippen molar-refractivity contribution in [1.29, 1.82) is 0 Å². The molecule has 4 aromatic heterocycles. The molecule has 0 atom stereocenters. The molecule has 0 aliphatic carbocycles. The van der Waals surface area contributed by atoms with Crippen molar-refractivity contribution in [3.63, 3.8) is 0 Å². The van der Waals surface area contributed by atoms with Gasteiger partial charge in [-0.2, -0.15) is 72.5 Å². The van der Waals surface area contributed by atoms with Crippen molar-refractivity contribution in [2.45, 2.75) is 13.1 Å². The summed E-state index contributed by atoms with van der Waals surface area (Å²) in [4.78, 5) is 4.02. The van der Waals surface area contributed by atoms with Crippen LogP contribution in [0.2, 0.25) is 0 Å². The molecule has 0 saturated heterocycles. The van der Waals surface area contributed by atoms with Crippen LogP contribution in [0.15, 0.2) is 85.6 Å². The fourth-order valence-electron chi connectivity index (χ4n) is 3.29. The molecule has 1 radical (unpaired) electrons. The molecule has 2 aromatic carbocycles. The summed E-state index contributed by atoms with van der Waals surface area (Å²) in [5.74, 6) is 0.464. The molecule has 9 nitrogen and oxygen atoms in total. The van der Waals surface area contributed by atoms with E-state index in [0.29, 0.717) is 17.2 Å². The van der Waals surface area contributed by atoms with Gasteiger partial charge in [-0.1, -0.05) is 29.9 Å². The quantitative estimate of drug-likeness (QED) is 0.207. The van der Waals surface area contributed by atoms with E-state index in [9.17, 15) is 13.2 Å². The Labute approximate surface area is 248 Å². The minimum absolute atomic E-state index is 0. The predicted molar refractivity (Wildman–Crippen MR) is 135 cm³/mol. The van der Waals surface area contributed by atoms with Crippen molar-refractivity contribution >= 4 is 0 Å². The maximum Gasteiger partial charge on any atom is 0.394 e. The Kier molecular flexibility index (Phi) is 10.8. The zero-order chi connectivity index (χ0) is 28.5. The Bertz CT molecular complexity index is 1630. The second-order valence-electron chi connectivity index (χ2n) is 8.39. The summed E-state index contributed by atoms with van der Waals surface area (Å²) in [7, 11) is 3.69. The first-order valence-electron chi connectivity index (χ1n) is 11.8. The normalized spacial score (nSPS) is 10.5. The van der Waals surface area contributed by atoms with Crippen LogP contribution in [-0.4, -0.2) is 29.6 Å². The van der Waals surface area contributed by atoms with Crippen molar-refractivity contribution in [3.05, 3.63) is 121 Å². The molecule has 0 spiro atoms. The van der Waals surface area contributed by atoms with Crippen LogP contribution in [0.1, 0.15) is 11.1 Å². The van der Waals surface area contributed by atoms with Gasteiger partial charge in [-0.15, -0.1) is 0 Å².